The first-order chi connectivity index (χ1) is 8.61. The van der Waals surface area contributed by atoms with Gasteiger partial charge in [-0.15, -0.1) is 0 Å². The van der Waals surface area contributed by atoms with Crippen LogP contribution in [0.1, 0.15) is 22.3 Å². The summed E-state index contributed by atoms with van der Waals surface area (Å²) < 4.78 is 0. The zero-order valence-electron chi connectivity index (χ0n) is 10.8. The van der Waals surface area contributed by atoms with Gasteiger partial charge < -0.3 is 9.80 Å². The summed E-state index contributed by atoms with van der Waals surface area (Å²) in [7, 11) is 1.84. The monoisotopic (exact) mass is 246 g/mol. The largest absolute Gasteiger partial charge is 0.362 e. The van der Waals surface area contributed by atoms with Crippen molar-refractivity contribution >= 4 is 17.9 Å². The van der Waals surface area contributed by atoms with Crippen molar-refractivity contribution < 1.29 is 9.59 Å². The van der Waals surface area contributed by atoms with Crippen LogP contribution in [0.25, 0.3) is 0 Å². The molecule has 1 saturated heterocycles. The highest BCUT2D eigenvalue weighted by molar-refractivity contribution is 5.83. The number of aryl methyl sites for hydroxylation is 1. The lowest BCUT2D eigenvalue weighted by Crippen LogP contribution is -2.34. The van der Waals surface area contributed by atoms with Crippen LogP contribution < -0.4 is 4.90 Å². The zero-order valence-corrected chi connectivity index (χ0v) is 10.8. The second-order valence-corrected chi connectivity index (χ2v) is 4.75. The van der Waals surface area contributed by atoms with E-state index in [-0.39, 0.29) is 5.91 Å². The van der Waals surface area contributed by atoms with Gasteiger partial charge in [-0.05, 0) is 37.1 Å². The zero-order chi connectivity index (χ0) is 13.1. The molecule has 1 aliphatic rings. The van der Waals surface area contributed by atoms with E-state index in [2.05, 4.69) is 4.90 Å². The fraction of sp³-hybridized carbons (Fsp3) is 0.429. The van der Waals surface area contributed by atoms with Gasteiger partial charge in [-0.2, -0.15) is 0 Å². The van der Waals surface area contributed by atoms with Crippen LogP contribution in [0, 0.1) is 6.92 Å². The lowest BCUT2D eigenvalue weighted by molar-refractivity contribution is -0.127. The molecule has 0 unspecified atom stereocenters. The molecule has 1 heterocycles. The molecule has 0 aliphatic carbocycles. The lowest BCUT2D eigenvalue weighted by Gasteiger charge is -2.22. The van der Waals surface area contributed by atoms with Crippen molar-refractivity contribution in [2.24, 2.45) is 0 Å². The number of nitrogens with zero attached hydrogens (tertiary/aromatic N) is 2. The molecular formula is C14H18N2O2. The first-order valence-electron chi connectivity index (χ1n) is 6.16. The van der Waals surface area contributed by atoms with Gasteiger partial charge in [0.05, 0.1) is 6.54 Å². The summed E-state index contributed by atoms with van der Waals surface area (Å²) in [6, 6.07) is 5.70. The Hall–Kier alpha value is -1.84. The minimum absolute atomic E-state index is 0.143. The lowest BCUT2D eigenvalue weighted by atomic mass is 10.1. The fourth-order valence-electron chi connectivity index (χ4n) is 2.20. The Labute approximate surface area is 107 Å². The Balaban J connectivity index is 2.22. The number of likely N-dealkylation sites (N-methyl/N-ethyl adjacent to an activating group) is 1. The maximum atomic E-state index is 11.8. The van der Waals surface area contributed by atoms with E-state index in [1.807, 2.05) is 32.2 Å². The van der Waals surface area contributed by atoms with Crippen molar-refractivity contribution in [1.29, 1.82) is 0 Å². The predicted molar refractivity (Wildman–Crippen MR) is 71.0 cm³/mol. The van der Waals surface area contributed by atoms with Crippen LogP contribution in [-0.2, 0) is 4.79 Å². The van der Waals surface area contributed by atoms with Gasteiger partial charge in [0.15, 0.2) is 0 Å². The first-order valence-corrected chi connectivity index (χ1v) is 6.16. The van der Waals surface area contributed by atoms with Gasteiger partial charge in [-0.25, -0.2) is 0 Å². The van der Waals surface area contributed by atoms with Crippen molar-refractivity contribution in [1.82, 2.24) is 4.90 Å². The molecule has 2 rings (SSSR count). The molecule has 96 valence electrons. The van der Waals surface area contributed by atoms with Crippen LogP contribution in [0.4, 0.5) is 5.69 Å². The summed E-state index contributed by atoms with van der Waals surface area (Å²) in [5.74, 6) is 0.143. The second-order valence-electron chi connectivity index (χ2n) is 4.75. The molecule has 1 aromatic carbocycles. The van der Waals surface area contributed by atoms with Crippen molar-refractivity contribution in [2.45, 2.75) is 13.3 Å². The molecular weight excluding hydrogens is 228 g/mol. The first kappa shape index (κ1) is 12.6. The van der Waals surface area contributed by atoms with Gasteiger partial charge >= 0.3 is 0 Å². The number of amides is 1. The topological polar surface area (TPSA) is 40.6 Å². The maximum absolute atomic E-state index is 11.8. The van der Waals surface area contributed by atoms with Crippen molar-refractivity contribution in [2.75, 3.05) is 31.6 Å². The van der Waals surface area contributed by atoms with E-state index in [9.17, 15) is 9.59 Å². The van der Waals surface area contributed by atoms with Gasteiger partial charge in [-0.1, -0.05) is 0 Å². The van der Waals surface area contributed by atoms with Gasteiger partial charge in [0.2, 0.25) is 5.91 Å². The number of carbonyl (C=O) groups excluding carboxylic acids is 2. The minimum atomic E-state index is 0.143. The molecule has 18 heavy (non-hydrogen) atoms. The van der Waals surface area contributed by atoms with Crippen molar-refractivity contribution in [3.8, 4) is 0 Å². The Bertz CT molecular complexity index is 471. The van der Waals surface area contributed by atoms with Crippen LogP contribution in [0.5, 0.6) is 0 Å². The normalized spacial score (nSPS) is 16.7. The summed E-state index contributed by atoms with van der Waals surface area (Å²) in [5.41, 5.74) is 2.67. The molecule has 0 N–H and O–H groups in total. The van der Waals surface area contributed by atoms with Crippen LogP contribution in [0.3, 0.4) is 0 Å². The molecule has 0 spiro atoms. The number of hydrogen-bond donors (Lipinski definition) is 0. The van der Waals surface area contributed by atoms with Gasteiger partial charge in [0.1, 0.15) is 6.29 Å². The summed E-state index contributed by atoms with van der Waals surface area (Å²) in [6.07, 6.45) is 1.83. The standard InChI is InChI=1S/C14H18N2O2/c1-11-8-13(5-4-12(11)10-17)16-7-3-6-15(2)14(18)9-16/h4-5,8,10H,3,6-7,9H2,1-2H3. The van der Waals surface area contributed by atoms with E-state index in [0.29, 0.717) is 12.1 Å². The molecule has 1 amide bonds. The molecule has 1 fully saturated rings. The summed E-state index contributed by atoms with van der Waals surface area (Å²) in [6.45, 7) is 4.01. The number of benzene rings is 1. The summed E-state index contributed by atoms with van der Waals surface area (Å²) >= 11 is 0. The average Bonchev–Trinajstić information content (AvgIpc) is 2.52. The van der Waals surface area contributed by atoms with Gasteiger partial charge in [0, 0.05) is 31.4 Å². The third-order valence-electron chi connectivity index (χ3n) is 3.42. The number of carbonyl (C=O) groups is 2. The Morgan fingerprint density at radius 3 is 2.72 bits per heavy atom. The van der Waals surface area contributed by atoms with Crippen LogP contribution in [0.2, 0.25) is 0 Å². The van der Waals surface area contributed by atoms with Crippen molar-refractivity contribution in [3.63, 3.8) is 0 Å². The molecule has 0 aromatic heterocycles. The summed E-state index contributed by atoms with van der Waals surface area (Å²) in [5, 5.41) is 0. The quantitative estimate of drug-likeness (QED) is 0.742. The van der Waals surface area contributed by atoms with Crippen LogP contribution in [0.15, 0.2) is 18.2 Å². The van der Waals surface area contributed by atoms with E-state index in [4.69, 9.17) is 0 Å². The molecule has 0 atom stereocenters. The molecule has 4 nitrogen and oxygen atoms in total. The molecule has 4 heteroatoms. The second kappa shape index (κ2) is 5.21. The minimum Gasteiger partial charge on any atom is -0.362 e. The molecule has 0 saturated carbocycles. The average molecular weight is 246 g/mol. The highest BCUT2D eigenvalue weighted by atomic mass is 16.2. The van der Waals surface area contributed by atoms with Crippen LogP contribution in [-0.4, -0.2) is 43.8 Å². The Kier molecular flexibility index (Phi) is 3.65. The predicted octanol–water partition coefficient (Wildman–Crippen LogP) is 1.48. The third kappa shape index (κ3) is 2.53. The fourth-order valence-corrected chi connectivity index (χ4v) is 2.20. The summed E-state index contributed by atoms with van der Waals surface area (Å²) in [4.78, 5) is 26.5. The molecule has 1 aliphatic heterocycles. The Morgan fingerprint density at radius 2 is 2.06 bits per heavy atom. The highest BCUT2D eigenvalue weighted by Gasteiger charge is 2.19. The molecule has 0 radical (unpaired) electrons. The van der Waals surface area contributed by atoms with E-state index in [1.54, 1.807) is 4.90 Å². The number of hydrogen-bond acceptors (Lipinski definition) is 3. The van der Waals surface area contributed by atoms with Crippen LogP contribution >= 0.6 is 0 Å². The smallest absolute Gasteiger partial charge is 0.241 e. The number of aldehydes is 1. The Morgan fingerprint density at radius 1 is 1.28 bits per heavy atom. The highest BCUT2D eigenvalue weighted by Crippen LogP contribution is 2.20. The third-order valence-corrected chi connectivity index (χ3v) is 3.42. The maximum Gasteiger partial charge on any atom is 0.241 e. The number of anilines is 1. The number of rotatable bonds is 2. The van der Waals surface area contributed by atoms with E-state index in [0.717, 1.165) is 37.0 Å². The molecule has 0 bridgehead atoms. The van der Waals surface area contributed by atoms with E-state index >= 15 is 0 Å². The van der Waals surface area contributed by atoms with E-state index < -0.39 is 0 Å². The SMILES string of the molecule is Cc1cc(N2CCCN(C)C(=O)C2)ccc1C=O. The van der Waals surface area contributed by atoms with Gasteiger partial charge in [-0.3, -0.25) is 9.59 Å². The van der Waals surface area contributed by atoms with Crippen molar-refractivity contribution in [3.05, 3.63) is 29.3 Å². The van der Waals surface area contributed by atoms with E-state index in [1.165, 1.54) is 0 Å². The molecule has 1 aromatic rings. The van der Waals surface area contributed by atoms with Gasteiger partial charge in [0.25, 0.3) is 0 Å².